The Balaban J connectivity index is 1.38. The third-order valence-corrected chi connectivity index (χ3v) is 8.56. The van der Waals surface area contributed by atoms with Crippen molar-refractivity contribution < 1.29 is 33.0 Å². The minimum absolute atomic E-state index is 0.00782. The van der Waals surface area contributed by atoms with E-state index in [9.17, 15) is 28.3 Å². The number of methoxy groups -OCH3 is 1. The van der Waals surface area contributed by atoms with E-state index in [2.05, 4.69) is 20.8 Å². The zero-order chi connectivity index (χ0) is 27.3. The van der Waals surface area contributed by atoms with Crippen LogP contribution in [0, 0.1) is 17.8 Å². The molecule has 2 aliphatic rings. The van der Waals surface area contributed by atoms with Gasteiger partial charge in [-0.2, -0.15) is 13.2 Å². The van der Waals surface area contributed by atoms with Gasteiger partial charge in [-0.15, -0.1) is 11.3 Å². The van der Waals surface area contributed by atoms with Gasteiger partial charge in [0.1, 0.15) is 0 Å². The lowest BCUT2D eigenvalue weighted by Crippen LogP contribution is -2.46. The number of benzene rings is 1. The number of ether oxygens (including phenoxy) is 1. The number of carbonyl (C=O) groups excluding carboxylic acids is 1. The molecule has 208 valence electrons. The highest BCUT2D eigenvalue weighted by Crippen LogP contribution is 2.44. The molecule has 4 rings (SSSR count). The number of aliphatic hydroxyl groups excluding tert-OH is 1. The van der Waals surface area contributed by atoms with Gasteiger partial charge in [0.2, 0.25) is 5.91 Å². The summed E-state index contributed by atoms with van der Waals surface area (Å²) in [7, 11) is 1.62. The number of oxime groups is 1. The zero-order valence-electron chi connectivity index (χ0n) is 21.0. The number of alkyl halides is 3. The molecule has 6 atom stereocenters. The zero-order valence-corrected chi connectivity index (χ0v) is 21.8. The molecule has 1 saturated heterocycles. The minimum Gasteiger partial charge on any atom is -0.411 e. The molecule has 0 bridgehead atoms. The molecular weight excluding hydrogens is 521 g/mol. The fourth-order valence-corrected chi connectivity index (χ4v) is 6.60. The number of halogens is 3. The molecule has 2 heterocycles. The Labute approximate surface area is 223 Å². The van der Waals surface area contributed by atoms with Crippen molar-refractivity contribution in [3.8, 4) is 0 Å². The number of nitrogens with one attached hydrogen (secondary N) is 2. The van der Waals surface area contributed by atoms with E-state index < -0.39 is 17.8 Å². The van der Waals surface area contributed by atoms with Crippen molar-refractivity contribution in [3.05, 3.63) is 52.0 Å². The molecule has 1 aliphatic heterocycles. The van der Waals surface area contributed by atoms with E-state index in [0.29, 0.717) is 13.2 Å². The van der Waals surface area contributed by atoms with Crippen LogP contribution in [0.15, 0.2) is 41.0 Å². The summed E-state index contributed by atoms with van der Waals surface area (Å²) >= 11 is 1.53. The van der Waals surface area contributed by atoms with Crippen LogP contribution in [-0.4, -0.2) is 65.9 Å². The van der Waals surface area contributed by atoms with Gasteiger partial charge in [-0.05, 0) is 42.4 Å². The van der Waals surface area contributed by atoms with Gasteiger partial charge >= 0.3 is 6.18 Å². The van der Waals surface area contributed by atoms with Gasteiger partial charge in [0.05, 0.1) is 29.0 Å². The van der Waals surface area contributed by atoms with Gasteiger partial charge in [0.15, 0.2) is 0 Å². The summed E-state index contributed by atoms with van der Waals surface area (Å²) in [4.78, 5) is 17.3. The molecular formula is C26H33F3N4O4S. The highest BCUT2D eigenvalue weighted by atomic mass is 32.1. The van der Waals surface area contributed by atoms with Crippen LogP contribution in [0.3, 0.4) is 0 Å². The lowest BCUT2D eigenvalue weighted by molar-refractivity contribution is -0.137. The number of hydrogen-bond donors (Lipinski definition) is 4. The van der Waals surface area contributed by atoms with Crippen molar-refractivity contribution in [1.29, 1.82) is 0 Å². The molecule has 38 heavy (non-hydrogen) atoms. The molecule has 5 unspecified atom stereocenters. The van der Waals surface area contributed by atoms with Crippen molar-refractivity contribution in [2.75, 3.05) is 26.8 Å². The first-order valence-electron chi connectivity index (χ1n) is 12.7. The third-order valence-electron chi connectivity index (χ3n) is 7.65. The average Bonchev–Trinajstić information content (AvgIpc) is 3.58. The van der Waals surface area contributed by atoms with E-state index in [0.717, 1.165) is 36.5 Å². The lowest BCUT2D eigenvalue weighted by Gasteiger charge is -2.41. The number of hydrogen-bond acceptors (Lipinski definition) is 8. The highest BCUT2D eigenvalue weighted by Gasteiger charge is 2.44. The topological polar surface area (TPSA) is 116 Å². The number of amides is 1. The first kappa shape index (κ1) is 28.5. The van der Waals surface area contributed by atoms with Crippen LogP contribution in [0.1, 0.15) is 47.7 Å². The summed E-state index contributed by atoms with van der Waals surface area (Å²) in [6, 6.07) is 4.39. The summed E-state index contributed by atoms with van der Waals surface area (Å²) in [6.45, 7) is 1.76. The molecule has 2 aromatic rings. The molecule has 1 aromatic heterocycles. The molecule has 1 aromatic carbocycles. The average molecular weight is 555 g/mol. The van der Waals surface area contributed by atoms with E-state index >= 15 is 0 Å². The van der Waals surface area contributed by atoms with Crippen molar-refractivity contribution >= 4 is 23.0 Å². The minimum atomic E-state index is -4.52. The number of rotatable bonds is 9. The van der Waals surface area contributed by atoms with Crippen LogP contribution in [0.4, 0.5) is 13.2 Å². The maximum absolute atomic E-state index is 13.1. The summed E-state index contributed by atoms with van der Waals surface area (Å²) in [5, 5.41) is 32.8. The number of aromatic nitrogens is 1. The normalized spacial score (nSPS) is 28.4. The predicted octanol–water partition coefficient (Wildman–Crippen LogP) is 3.64. The van der Waals surface area contributed by atoms with E-state index in [1.54, 1.807) is 13.3 Å². The van der Waals surface area contributed by atoms with E-state index in [1.165, 1.54) is 23.5 Å². The standard InChI is InChI=1S/C26H33F3N4O4S/c1-37-14-17-9-16(11-19(24(17)35)25-31-7-8-38-25)20-12-30-13-22(20)32-23(34)6-5-21(33-36)15-3-2-4-18(10-15)26(27,28)29/h2-4,7-8,10,16-17,19-20,22,24,30,35-36H,5-6,9,11-14H2,1H3,(H,32,34)/b33-21+/t16?,17?,19?,20?,22-,24?/m0/s1. The Hall–Kier alpha value is -2.54. The number of nitrogens with zero attached hydrogens (tertiary/aromatic N) is 2. The maximum Gasteiger partial charge on any atom is 0.416 e. The summed E-state index contributed by atoms with van der Waals surface area (Å²) in [5.74, 6) is -0.0326. The smallest absolute Gasteiger partial charge is 0.411 e. The molecule has 4 N–H and O–H groups in total. The molecule has 0 spiro atoms. The Kier molecular flexibility index (Phi) is 9.40. The first-order valence-corrected chi connectivity index (χ1v) is 13.5. The van der Waals surface area contributed by atoms with Gasteiger partial charge in [-0.25, -0.2) is 4.98 Å². The number of aliphatic hydroxyl groups is 1. The van der Waals surface area contributed by atoms with E-state index in [1.807, 2.05) is 5.38 Å². The third kappa shape index (κ3) is 6.71. The fourth-order valence-electron chi connectivity index (χ4n) is 5.80. The van der Waals surface area contributed by atoms with Crippen molar-refractivity contribution in [2.24, 2.45) is 22.9 Å². The second-order valence-corrected chi connectivity index (χ2v) is 11.0. The van der Waals surface area contributed by atoms with E-state index in [4.69, 9.17) is 4.74 Å². The van der Waals surface area contributed by atoms with Gasteiger partial charge < -0.3 is 25.7 Å². The van der Waals surface area contributed by atoms with Crippen LogP contribution in [0.25, 0.3) is 0 Å². The van der Waals surface area contributed by atoms with Gasteiger partial charge in [-0.1, -0.05) is 17.3 Å². The Morgan fingerprint density at radius 2 is 2.11 bits per heavy atom. The highest BCUT2D eigenvalue weighted by molar-refractivity contribution is 7.09. The first-order chi connectivity index (χ1) is 18.2. The largest absolute Gasteiger partial charge is 0.416 e. The Bertz CT molecular complexity index is 1100. The van der Waals surface area contributed by atoms with Crippen LogP contribution in [-0.2, 0) is 15.7 Å². The monoisotopic (exact) mass is 554 g/mol. The van der Waals surface area contributed by atoms with Gasteiger partial charge in [0.25, 0.3) is 0 Å². The molecule has 0 radical (unpaired) electrons. The Morgan fingerprint density at radius 3 is 2.79 bits per heavy atom. The summed E-state index contributed by atoms with van der Waals surface area (Å²) in [5.41, 5.74) is -0.711. The van der Waals surface area contributed by atoms with Crippen LogP contribution >= 0.6 is 11.3 Å². The quantitative estimate of drug-likeness (QED) is 0.214. The van der Waals surface area contributed by atoms with Crippen LogP contribution in [0.2, 0.25) is 0 Å². The second-order valence-electron chi connectivity index (χ2n) is 10.0. The van der Waals surface area contributed by atoms with E-state index in [-0.39, 0.29) is 59.7 Å². The molecule has 1 aliphatic carbocycles. The molecule has 1 amide bonds. The molecule has 1 saturated carbocycles. The van der Waals surface area contributed by atoms with Crippen molar-refractivity contribution in [3.63, 3.8) is 0 Å². The van der Waals surface area contributed by atoms with Crippen molar-refractivity contribution in [2.45, 2.75) is 49.9 Å². The van der Waals surface area contributed by atoms with Crippen LogP contribution in [0.5, 0.6) is 0 Å². The number of thiazole rings is 1. The van der Waals surface area contributed by atoms with Crippen molar-refractivity contribution in [1.82, 2.24) is 15.6 Å². The van der Waals surface area contributed by atoms with Gasteiger partial charge in [-0.3, -0.25) is 4.79 Å². The Morgan fingerprint density at radius 1 is 1.29 bits per heavy atom. The number of carbonyl (C=O) groups is 1. The molecule has 2 fully saturated rings. The maximum atomic E-state index is 13.1. The van der Waals surface area contributed by atoms with Gasteiger partial charge in [0, 0.05) is 62.5 Å². The summed E-state index contributed by atoms with van der Waals surface area (Å²) in [6.07, 6.45) is -1.84. The lowest BCUT2D eigenvalue weighted by atomic mass is 9.68. The molecule has 8 nitrogen and oxygen atoms in total. The summed E-state index contributed by atoms with van der Waals surface area (Å²) < 4.78 is 44.6. The molecule has 12 heteroatoms. The predicted molar refractivity (Wildman–Crippen MR) is 136 cm³/mol. The van der Waals surface area contributed by atoms with Crippen LogP contribution < -0.4 is 10.6 Å². The SMILES string of the molecule is COCC1CC(C2CNC[C@@H]2NC(=O)CC/C(=N\O)c2cccc(C(F)(F)F)c2)CC(c2nccs2)C1O. The second kappa shape index (κ2) is 12.5. The fraction of sp³-hybridized carbons (Fsp3) is 0.577.